The van der Waals surface area contributed by atoms with E-state index in [1.807, 2.05) is 0 Å². The second-order valence-corrected chi connectivity index (χ2v) is 9.01. The number of hydrogen-bond acceptors (Lipinski definition) is 5. The van der Waals surface area contributed by atoms with E-state index in [9.17, 15) is 13.2 Å². The van der Waals surface area contributed by atoms with E-state index in [0.29, 0.717) is 5.41 Å². The number of halogens is 1. The first kappa shape index (κ1) is 18.7. The van der Waals surface area contributed by atoms with Crippen LogP contribution in [0.25, 0.3) is 0 Å². The number of thiophene rings is 1. The van der Waals surface area contributed by atoms with Crippen LogP contribution in [0.5, 0.6) is 0 Å². The van der Waals surface area contributed by atoms with Gasteiger partial charge in [-0.2, -0.15) is 0 Å². The second kappa shape index (κ2) is 7.48. The van der Waals surface area contributed by atoms with E-state index in [2.05, 4.69) is 10.0 Å². The number of piperidine rings is 1. The molecular formula is C14H22ClN3O3S2. The summed E-state index contributed by atoms with van der Waals surface area (Å²) in [6.45, 7) is 3.39. The number of carbonyl (C=O) groups is 1. The molecule has 23 heavy (non-hydrogen) atoms. The van der Waals surface area contributed by atoms with Crippen molar-refractivity contribution in [2.45, 2.75) is 23.5 Å². The Balaban J connectivity index is 0.00000192. The van der Waals surface area contributed by atoms with Gasteiger partial charge in [0, 0.05) is 19.6 Å². The molecule has 2 N–H and O–H groups in total. The minimum absolute atomic E-state index is 0. The molecule has 1 aromatic heterocycles. The quantitative estimate of drug-likeness (QED) is 0.819. The summed E-state index contributed by atoms with van der Waals surface area (Å²) in [7, 11) is -3.56. The third kappa shape index (κ3) is 4.24. The van der Waals surface area contributed by atoms with Crippen LogP contribution in [0, 0.1) is 5.41 Å². The third-order valence-corrected chi connectivity index (χ3v) is 7.48. The summed E-state index contributed by atoms with van der Waals surface area (Å²) in [5, 5.41) is 5.10. The lowest BCUT2D eigenvalue weighted by molar-refractivity contribution is -0.132. The first-order chi connectivity index (χ1) is 10.5. The lowest BCUT2D eigenvalue weighted by Gasteiger charge is -2.38. The van der Waals surface area contributed by atoms with Gasteiger partial charge in [-0.05, 0) is 42.7 Å². The van der Waals surface area contributed by atoms with E-state index in [-0.39, 0.29) is 29.1 Å². The van der Waals surface area contributed by atoms with Gasteiger partial charge in [0.15, 0.2) is 0 Å². The fourth-order valence-corrected chi connectivity index (χ4v) is 5.22. The molecule has 0 aromatic carbocycles. The van der Waals surface area contributed by atoms with Crippen LogP contribution >= 0.6 is 23.7 Å². The molecule has 130 valence electrons. The summed E-state index contributed by atoms with van der Waals surface area (Å²) in [5.41, 5.74) is 0.354. The van der Waals surface area contributed by atoms with Gasteiger partial charge >= 0.3 is 0 Å². The Morgan fingerprint density at radius 1 is 1.35 bits per heavy atom. The molecule has 9 heteroatoms. The fourth-order valence-electron chi connectivity index (χ4n) is 3.21. The van der Waals surface area contributed by atoms with E-state index in [1.165, 1.54) is 12.5 Å². The van der Waals surface area contributed by atoms with Crippen molar-refractivity contribution in [3.05, 3.63) is 17.5 Å². The predicted octanol–water partition coefficient (Wildman–Crippen LogP) is 1.05. The average molecular weight is 380 g/mol. The average Bonchev–Trinajstić information content (AvgIpc) is 3.18. The first-order valence-electron chi connectivity index (χ1n) is 7.53. The molecule has 3 rings (SSSR count). The van der Waals surface area contributed by atoms with Crippen LogP contribution in [0.1, 0.15) is 19.3 Å². The number of nitrogens with one attached hydrogen (secondary N) is 2. The molecule has 2 saturated heterocycles. The summed E-state index contributed by atoms with van der Waals surface area (Å²) in [4.78, 5) is 14.0. The number of likely N-dealkylation sites (tertiary alicyclic amines) is 1. The highest BCUT2D eigenvalue weighted by Crippen LogP contribution is 2.36. The molecule has 2 aliphatic rings. The molecule has 2 aliphatic heterocycles. The zero-order chi connectivity index (χ0) is 15.6. The number of nitrogens with zero attached hydrogens (tertiary/aromatic N) is 1. The Morgan fingerprint density at radius 3 is 2.65 bits per heavy atom. The lowest BCUT2D eigenvalue weighted by Crippen LogP contribution is -2.47. The van der Waals surface area contributed by atoms with E-state index < -0.39 is 10.0 Å². The van der Waals surface area contributed by atoms with Crippen molar-refractivity contribution in [2.75, 3.05) is 32.7 Å². The SMILES string of the molecule is Cl.O=C(CNS(=O)(=O)c1cccs1)N1CCC2(CCNC2)CC1. The Labute approximate surface area is 147 Å². The summed E-state index contributed by atoms with van der Waals surface area (Å²) in [6, 6.07) is 3.22. The van der Waals surface area contributed by atoms with Crippen molar-refractivity contribution in [1.82, 2.24) is 14.9 Å². The van der Waals surface area contributed by atoms with E-state index >= 15 is 0 Å². The molecule has 1 amide bonds. The van der Waals surface area contributed by atoms with Gasteiger partial charge in [0.05, 0.1) is 6.54 Å². The van der Waals surface area contributed by atoms with E-state index in [4.69, 9.17) is 0 Å². The zero-order valence-corrected chi connectivity index (χ0v) is 15.2. The molecule has 0 aliphatic carbocycles. The Kier molecular flexibility index (Phi) is 6.07. The second-order valence-electron chi connectivity index (χ2n) is 6.06. The molecule has 2 fully saturated rings. The molecule has 0 radical (unpaired) electrons. The number of amides is 1. The highest BCUT2D eigenvalue weighted by atomic mass is 35.5. The van der Waals surface area contributed by atoms with Crippen molar-refractivity contribution in [2.24, 2.45) is 5.41 Å². The Hall–Kier alpha value is -0.670. The molecule has 0 unspecified atom stereocenters. The van der Waals surface area contributed by atoms with Crippen LogP contribution in [0.15, 0.2) is 21.7 Å². The van der Waals surface area contributed by atoms with Crippen LogP contribution in [0.4, 0.5) is 0 Å². The summed E-state index contributed by atoms with van der Waals surface area (Å²) < 4.78 is 26.7. The van der Waals surface area contributed by atoms with Crippen LogP contribution in [0.3, 0.4) is 0 Å². The standard InChI is InChI=1S/C14H21N3O3S2.ClH/c18-12(10-16-22(19,20)13-2-1-9-21-13)17-7-4-14(5-8-17)3-6-15-11-14;/h1-2,9,15-16H,3-8,10-11H2;1H. The van der Waals surface area contributed by atoms with Gasteiger partial charge in [0.2, 0.25) is 5.91 Å². The number of rotatable bonds is 4. The summed E-state index contributed by atoms with van der Waals surface area (Å²) >= 11 is 1.15. The van der Waals surface area contributed by atoms with Crippen LogP contribution in [-0.4, -0.2) is 51.9 Å². The fraction of sp³-hybridized carbons (Fsp3) is 0.643. The van der Waals surface area contributed by atoms with E-state index in [0.717, 1.165) is 50.4 Å². The Morgan fingerprint density at radius 2 is 2.09 bits per heavy atom. The highest BCUT2D eigenvalue weighted by molar-refractivity contribution is 7.91. The van der Waals surface area contributed by atoms with Gasteiger partial charge in [0.25, 0.3) is 10.0 Å². The normalized spacial score (nSPS) is 20.4. The summed E-state index contributed by atoms with van der Waals surface area (Å²) in [6.07, 6.45) is 3.19. The number of hydrogen-bond donors (Lipinski definition) is 2. The van der Waals surface area contributed by atoms with E-state index in [1.54, 1.807) is 16.3 Å². The smallest absolute Gasteiger partial charge is 0.250 e. The molecule has 0 atom stereocenters. The van der Waals surface area contributed by atoms with Gasteiger partial charge in [-0.3, -0.25) is 4.79 Å². The van der Waals surface area contributed by atoms with Crippen LogP contribution in [0.2, 0.25) is 0 Å². The van der Waals surface area contributed by atoms with Crippen LogP contribution < -0.4 is 10.0 Å². The van der Waals surface area contributed by atoms with Crippen molar-refractivity contribution < 1.29 is 13.2 Å². The van der Waals surface area contributed by atoms with Crippen LogP contribution in [-0.2, 0) is 14.8 Å². The molecular weight excluding hydrogens is 358 g/mol. The zero-order valence-electron chi connectivity index (χ0n) is 12.8. The third-order valence-electron chi connectivity index (χ3n) is 4.68. The number of sulfonamides is 1. The maximum Gasteiger partial charge on any atom is 0.250 e. The van der Waals surface area contributed by atoms with Crippen molar-refractivity contribution in [3.8, 4) is 0 Å². The maximum absolute atomic E-state index is 12.2. The van der Waals surface area contributed by atoms with Gasteiger partial charge in [0.1, 0.15) is 4.21 Å². The van der Waals surface area contributed by atoms with Crippen molar-refractivity contribution in [1.29, 1.82) is 0 Å². The molecule has 3 heterocycles. The summed E-state index contributed by atoms with van der Waals surface area (Å²) in [5.74, 6) is -0.138. The molecule has 0 bridgehead atoms. The van der Waals surface area contributed by atoms with Crippen molar-refractivity contribution >= 4 is 39.7 Å². The van der Waals surface area contributed by atoms with Crippen molar-refractivity contribution in [3.63, 3.8) is 0 Å². The molecule has 6 nitrogen and oxygen atoms in total. The minimum atomic E-state index is -3.56. The number of carbonyl (C=O) groups excluding carboxylic acids is 1. The van der Waals surface area contributed by atoms with Gasteiger partial charge in [-0.15, -0.1) is 23.7 Å². The Bertz CT molecular complexity index is 618. The topological polar surface area (TPSA) is 78.5 Å². The minimum Gasteiger partial charge on any atom is -0.342 e. The molecule has 0 saturated carbocycles. The predicted molar refractivity (Wildman–Crippen MR) is 92.5 cm³/mol. The monoisotopic (exact) mass is 379 g/mol. The van der Waals surface area contributed by atoms with Gasteiger partial charge in [-0.25, -0.2) is 13.1 Å². The first-order valence-corrected chi connectivity index (χ1v) is 9.89. The van der Waals surface area contributed by atoms with Gasteiger partial charge in [-0.1, -0.05) is 6.07 Å². The molecule has 1 aromatic rings. The lowest BCUT2D eigenvalue weighted by atomic mass is 9.78. The molecule has 1 spiro atoms. The maximum atomic E-state index is 12.2. The highest BCUT2D eigenvalue weighted by Gasteiger charge is 2.38. The largest absolute Gasteiger partial charge is 0.342 e. The van der Waals surface area contributed by atoms with Gasteiger partial charge < -0.3 is 10.2 Å².